The first-order valence-electron chi connectivity index (χ1n) is 7.49. The van der Waals surface area contributed by atoms with Crippen molar-refractivity contribution in [3.8, 4) is 0 Å². The van der Waals surface area contributed by atoms with Crippen molar-refractivity contribution in [3.05, 3.63) is 74.0 Å². The second-order valence-corrected chi connectivity index (χ2v) is 7.70. The smallest absolute Gasteiger partial charge is 0.0960 e. The first-order valence-corrected chi connectivity index (χ1v) is 9.00. The van der Waals surface area contributed by atoms with E-state index in [1.807, 2.05) is 31.7 Å². The topological polar surface area (TPSA) is 23.5 Å². The summed E-state index contributed by atoms with van der Waals surface area (Å²) in [7, 11) is 2.01. The average molecular weight is 404 g/mol. The zero-order valence-corrected chi connectivity index (χ0v) is 16.0. The summed E-state index contributed by atoms with van der Waals surface area (Å²) in [5, 5.41) is 13.1. The monoisotopic (exact) mass is 402 g/mol. The Labute approximate surface area is 161 Å². The molecular formula is C18H16Cl4NO. The third-order valence-electron chi connectivity index (χ3n) is 4.46. The van der Waals surface area contributed by atoms with Crippen LogP contribution in [0.3, 0.4) is 0 Å². The molecule has 1 aliphatic heterocycles. The fourth-order valence-electron chi connectivity index (χ4n) is 3.01. The number of rotatable bonds is 2. The summed E-state index contributed by atoms with van der Waals surface area (Å²) < 4.78 is 0. The first-order chi connectivity index (χ1) is 11.3. The van der Waals surface area contributed by atoms with Crippen molar-refractivity contribution in [2.75, 3.05) is 13.6 Å². The Kier molecular flexibility index (Phi) is 5.36. The van der Waals surface area contributed by atoms with Crippen LogP contribution >= 0.6 is 46.4 Å². The SMILES string of the molecule is CN1CCC(O)(c2ccc(Cl)c(Cl)c2)[CH]C1c1ccc(Cl)c(Cl)c1. The molecule has 0 aromatic heterocycles. The van der Waals surface area contributed by atoms with Crippen LogP contribution in [0.5, 0.6) is 0 Å². The van der Waals surface area contributed by atoms with Gasteiger partial charge >= 0.3 is 0 Å². The minimum atomic E-state index is -1.09. The molecule has 0 bridgehead atoms. The van der Waals surface area contributed by atoms with E-state index in [1.54, 1.807) is 18.2 Å². The molecule has 0 spiro atoms. The van der Waals surface area contributed by atoms with Crippen LogP contribution in [0, 0.1) is 6.42 Å². The quantitative estimate of drug-likeness (QED) is 0.687. The van der Waals surface area contributed by atoms with Crippen molar-refractivity contribution in [2.24, 2.45) is 0 Å². The summed E-state index contributed by atoms with van der Waals surface area (Å²) >= 11 is 24.3. The van der Waals surface area contributed by atoms with Gasteiger partial charge in [-0.2, -0.15) is 0 Å². The lowest BCUT2D eigenvalue weighted by Gasteiger charge is -2.42. The Morgan fingerprint density at radius 2 is 1.58 bits per heavy atom. The van der Waals surface area contributed by atoms with Gasteiger partial charge < -0.3 is 5.11 Å². The zero-order chi connectivity index (χ0) is 17.5. The molecule has 1 saturated heterocycles. The molecule has 2 aromatic carbocycles. The molecule has 0 aliphatic carbocycles. The minimum absolute atomic E-state index is 0.0898. The predicted molar refractivity (Wildman–Crippen MR) is 101 cm³/mol. The summed E-state index contributed by atoms with van der Waals surface area (Å²) in [5.41, 5.74) is 0.623. The highest BCUT2D eigenvalue weighted by Crippen LogP contribution is 2.42. The fraction of sp³-hybridized carbons (Fsp3) is 0.278. The molecule has 2 unspecified atom stereocenters. The molecule has 0 amide bonds. The van der Waals surface area contributed by atoms with Crippen molar-refractivity contribution < 1.29 is 5.11 Å². The molecule has 3 rings (SSSR count). The Bertz CT molecular complexity index is 767. The molecule has 2 atom stereocenters. The Balaban J connectivity index is 1.94. The maximum atomic E-state index is 11.2. The maximum absolute atomic E-state index is 11.2. The summed E-state index contributed by atoms with van der Waals surface area (Å²) in [5.74, 6) is 0. The molecule has 2 nitrogen and oxygen atoms in total. The molecule has 0 saturated carbocycles. The van der Waals surface area contributed by atoms with Crippen LogP contribution in [0.4, 0.5) is 0 Å². The molecule has 2 aromatic rings. The van der Waals surface area contributed by atoms with Crippen molar-refractivity contribution in [3.63, 3.8) is 0 Å². The van der Waals surface area contributed by atoms with Gasteiger partial charge in [0.1, 0.15) is 0 Å². The van der Waals surface area contributed by atoms with Gasteiger partial charge in [-0.05, 0) is 48.9 Å². The van der Waals surface area contributed by atoms with Crippen molar-refractivity contribution >= 4 is 46.4 Å². The Morgan fingerprint density at radius 3 is 2.21 bits per heavy atom. The van der Waals surface area contributed by atoms with Gasteiger partial charge in [0, 0.05) is 19.0 Å². The molecule has 1 fully saturated rings. The molecule has 1 aliphatic rings. The number of nitrogens with zero attached hydrogens (tertiary/aromatic N) is 1. The average Bonchev–Trinajstić information content (AvgIpc) is 2.55. The van der Waals surface area contributed by atoms with Crippen LogP contribution in [0.2, 0.25) is 20.1 Å². The van der Waals surface area contributed by atoms with Crippen LogP contribution in [-0.2, 0) is 5.60 Å². The summed E-state index contributed by atoms with van der Waals surface area (Å²) in [4.78, 5) is 2.16. The molecular weight excluding hydrogens is 388 g/mol. The minimum Gasteiger partial charge on any atom is -0.385 e. The number of benzene rings is 2. The number of piperidine rings is 1. The van der Waals surface area contributed by atoms with Crippen LogP contribution in [0.15, 0.2) is 36.4 Å². The Hall–Kier alpha value is -0.480. The molecule has 24 heavy (non-hydrogen) atoms. The Morgan fingerprint density at radius 1 is 0.958 bits per heavy atom. The van der Waals surface area contributed by atoms with Gasteiger partial charge in [-0.25, -0.2) is 0 Å². The van der Waals surface area contributed by atoms with E-state index >= 15 is 0 Å². The first kappa shape index (κ1) is 18.3. The second-order valence-electron chi connectivity index (χ2n) is 6.07. The van der Waals surface area contributed by atoms with E-state index in [-0.39, 0.29) is 6.04 Å². The normalized spacial score (nSPS) is 25.0. The van der Waals surface area contributed by atoms with E-state index in [4.69, 9.17) is 46.4 Å². The third-order valence-corrected chi connectivity index (χ3v) is 5.94. The number of aliphatic hydroxyl groups is 1. The van der Waals surface area contributed by atoms with Crippen LogP contribution < -0.4 is 0 Å². The fourth-order valence-corrected chi connectivity index (χ4v) is 3.62. The zero-order valence-electron chi connectivity index (χ0n) is 12.9. The van der Waals surface area contributed by atoms with Crippen LogP contribution in [0.1, 0.15) is 23.6 Å². The van der Waals surface area contributed by atoms with E-state index in [0.29, 0.717) is 26.5 Å². The number of hydrogen-bond acceptors (Lipinski definition) is 2. The van der Waals surface area contributed by atoms with Crippen molar-refractivity contribution in [1.82, 2.24) is 4.90 Å². The van der Waals surface area contributed by atoms with E-state index in [2.05, 4.69) is 4.90 Å². The van der Waals surface area contributed by atoms with Gasteiger partial charge in [0.05, 0.1) is 25.7 Å². The number of hydrogen-bond donors (Lipinski definition) is 1. The molecule has 1 N–H and O–H groups in total. The number of likely N-dealkylation sites (tertiary alicyclic amines) is 1. The summed E-state index contributed by atoms with van der Waals surface area (Å²) in [6, 6.07) is 10.7. The molecule has 1 radical (unpaired) electrons. The lowest BCUT2D eigenvalue weighted by Crippen LogP contribution is -2.43. The maximum Gasteiger partial charge on any atom is 0.0960 e. The van der Waals surface area contributed by atoms with Crippen LogP contribution in [0.25, 0.3) is 0 Å². The highest BCUT2D eigenvalue weighted by Gasteiger charge is 2.39. The van der Waals surface area contributed by atoms with Crippen molar-refractivity contribution in [1.29, 1.82) is 0 Å². The predicted octanol–water partition coefficient (Wildman–Crippen LogP) is 5.77. The largest absolute Gasteiger partial charge is 0.385 e. The van der Waals surface area contributed by atoms with Gasteiger partial charge in [-0.15, -0.1) is 0 Å². The highest BCUT2D eigenvalue weighted by atomic mass is 35.5. The van der Waals surface area contributed by atoms with Gasteiger partial charge in [0.15, 0.2) is 0 Å². The van der Waals surface area contributed by atoms with Gasteiger partial charge in [0.25, 0.3) is 0 Å². The van der Waals surface area contributed by atoms with Gasteiger partial charge in [-0.3, -0.25) is 4.90 Å². The van der Waals surface area contributed by atoms with E-state index < -0.39 is 5.60 Å². The van der Waals surface area contributed by atoms with E-state index in [1.165, 1.54) is 0 Å². The third kappa shape index (κ3) is 3.55. The highest BCUT2D eigenvalue weighted by molar-refractivity contribution is 6.42. The van der Waals surface area contributed by atoms with Crippen molar-refractivity contribution in [2.45, 2.75) is 18.1 Å². The summed E-state index contributed by atoms with van der Waals surface area (Å²) in [6.45, 7) is 0.720. The number of halogens is 4. The molecule has 6 heteroatoms. The standard InChI is InChI=1S/C18H16Cl4NO/c1-23-7-6-18(24,12-3-5-14(20)16(22)9-12)10-17(23)11-2-4-13(19)15(21)8-11/h2-5,8-10,17,24H,6-7H2,1H3. The van der Waals surface area contributed by atoms with Gasteiger partial charge in [-0.1, -0.05) is 58.5 Å². The molecule has 1 heterocycles. The van der Waals surface area contributed by atoms with E-state index in [9.17, 15) is 5.11 Å². The molecule has 127 valence electrons. The van der Waals surface area contributed by atoms with E-state index in [0.717, 1.165) is 17.7 Å². The van der Waals surface area contributed by atoms with Crippen LogP contribution in [-0.4, -0.2) is 23.6 Å². The van der Waals surface area contributed by atoms with Gasteiger partial charge in [0.2, 0.25) is 0 Å². The summed E-state index contributed by atoms with van der Waals surface area (Å²) in [6.07, 6.45) is 2.48. The lowest BCUT2D eigenvalue weighted by molar-refractivity contribution is 0.00450. The lowest BCUT2D eigenvalue weighted by atomic mass is 9.79. The second kappa shape index (κ2) is 7.03.